The summed E-state index contributed by atoms with van der Waals surface area (Å²) in [6.45, 7) is 2.29. The van der Waals surface area contributed by atoms with Crippen molar-refractivity contribution in [1.29, 1.82) is 0 Å². The van der Waals surface area contributed by atoms with Crippen LogP contribution in [-0.2, 0) is 0 Å². The maximum Gasteiger partial charge on any atom is 0.165 e. The summed E-state index contributed by atoms with van der Waals surface area (Å²) in [5, 5.41) is 2.49. The Morgan fingerprint density at radius 3 is 1.84 bits per heavy atom. The number of allylic oxidation sites excluding steroid dienone is 4. The average Bonchev–Trinajstić information content (AvgIpc) is 3.57. The molecule has 50 heavy (non-hydrogen) atoms. The molecule has 0 unspecified atom stereocenters. The fourth-order valence-electron chi connectivity index (χ4n) is 7.06. The largest absolute Gasteiger partial charge is 0.209 e. The van der Waals surface area contributed by atoms with E-state index < -0.39 is 0 Å². The van der Waals surface area contributed by atoms with Crippen LogP contribution in [0.2, 0.25) is 0 Å². The van der Waals surface area contributed by atoms with Gasteiger partial charge < -0.3 is 0 Å². The van der Waals surface area contributed by atoms with Crippen LogP contribution in [0.3, 0.4) is 0 Å². The molecule has 0 saturated heterocycles. The molecular weight excluding hydrogens is 627 g/mol. The lowest BCUT2D eigenvalue weighted by Crippen LogP contribution is -2.09. The van der Waals surface area contributed by atoms with Crippen molar-refractivity contribution in [2.75, 3.05) is 0 Å². The lowest BCUT2D eigenvalue weighted by molar-refractivity contribution is 0.764. The van der Waals surface area contributed by atoms with Gasteiger partial charge in [-0.15, -0.1) is 11.3 Å². The van der Waals surface area contributed by atoms with Gasteiger partial charge in [-0.1, -0.05) is 153 Å². The molecule has 1 aliphatic rings. The second-order valence-electron chi connectivity index (χ2n) is 12.9. The quantitative estimate of drug-likeness (QED) is 0.178. The van der Waals surface area contributed by atoms with Gasteiger partial charge in [0.1, 0.15) is 0 Å². The normalized spacial score (nSPS) is 14.5. The highest BCUT2D eigenvalue weighted by Gasteiger charge is 2.22. The first-order valence-corrected chi connectivity index (χ1v) is 17.9. The lowest BCUT2D eigenvalue weighted by atomic mass is 9.84. The Morgan fingerprint density at radius 1 is 0.480 bits per heavy atom. The number of fused-ring (bicyclic) bond motifs is 3. The van der Waals surface area contributed by atoms with Crippen molar-refractivity contribution in [2.24, 2.45) is 5.92 Å². The molecule has 0 spiro atoms. The smallest absolute Gasteiger partial charge is 0.165 e. The van der Waals surface area contributed by atoms with Gasteiger partial charge in [-0.05, 0) is 69.5 Å². The van der Waals surface area contributed by atoms with Crippen LogP contribution < -0.4 is 0 Å². The highest BCUT2D eigenvalue weighted by molar-refractivity contribution is 7.26. The minimum Gasteiger partial charge on any atom is -0.209 e. The molecule has 2 heterocycles. The Hall–Kier alpha value is -5.97. The van der Waals surface area contributed by atoms with Crippen LogP contribution in [0.1, 0.15) is 24.7 Å². The summed E-state index contributed by atoms with van der Waals surface area (Å²) in [4.78, 5) is 15.6. The van der Waals surface area contributed by atoms with Crippen molar-refractivity contribution >= 4 is 42.7 Å². The molecular formula is C46H33N3S. The maximum atomic E-state index is 5.21. The lowest BCUT2D eigenvalue weighted by Gasteiger charge is -2.22. The Morgan fingerprint density at radius 2 is 1.06 bits per heavy atom. The zero-order chi connectivity index (χ0) is 33.4. The van der Waals surface area contributed by atoms with E-state index in [0.29, 0.717) is 17.6 Å². The van der Waals surface area contributed by atoms with Gasteiger partial charge >= 0.3 is 0 Å². The van der Waals surface area contributed by atoms with Crippen LogP contribution in [0.25, 0.3) is 76.3 Å². The van der Waals surface area contributed by atoms with Gasteiger partial charge in [0, 0.05) is 31.3 Å². The van der Waals surface area contributed by atoms with Crippen molar-refractivity contribution < 1.29 is 0 Å². The van der Waals surface area contributed by atoms with Crippen LogP contribution in [0.5, 0.6) is 0 Å². The molecule has 238 valence electrons. The molecule has 0 radical (unpaired) electrons. The number of thiophene rings is 1. The van der Waals surface area contributed by atoms with Crippen molar-refractivity contribution in [2.45, 2.75) is 13.3 Å². The first-order valence-electron chi connectivity index (χ1n) is 17.1. The zero-order valence-corrected chi connectivity index (χ0v) is 28.4. The van der Waals surface area contributed by atoms with E-state index in [-0.39, 0.29) is 0 Å². The topological polar surface area (TPSA) is 38.7 Å². The highest BCUT2D eigenvalue weighted by Crippen LogP contribution is 2.41. The first-order chi connectivity index (χ1) is 24.7. The fourth-order valence-corrected chi connectivity index (χ4v) is 8.27. The summed E-state index contributed by atoms with van der Waals surface area (Å²) in [5.41, 5.74) is 10.4. The van der Waals surface area contributed by atoms with Gasteiger partial charge in [-0.25, -0.2) is 15.0 Å². The van der Waals surface area contributed by atoms with Crippen LogP contribution in [-0.4, -0.2) is 15.0 Å². The third-order valence-corrected chi connectivity index (χ3v) is 10.9. The molecule has 4 heteroatoms. The molecule has 6 aromatic carbocycles. The zero-order valence-electron chi connectivity index (χ0n) is 27.6. The third kappa shape index (κ3) is 5.64. The number of hydrogen-bond donors (Lipinski definition) is 0. The van der Waals surface area contributed by atoms with Crippen LogP contribution in [0.15, 0.2) is 164 Å². The minimum atomic E-state index is 0.328. The van der Waals surface area contributed by atoms with Gasteiger partial charge in [0.25, 0.3) is 0 Å². The van der Waals surface area contributed by atoms with Gasteiger partial charge in [0.05, 0.1) is 0 Å². The average molecular weight is 660 g/mol. The second-order valence-corrected chi connectivity index (χ2v) is 13.9. The Balaban J connectivity index is 1.17. The number of benzene rings is 6. The van der Waals surface area contributed by atoms with Crippen molar-refractivity contribution in [1.82, 2.24) is 15.0 Å². The van der Waals surface area contributed by atoms with Crippen molar-refractivity contribution in [3.63, 3.8) is 0 Å². The fraction of sp³-hybridized carbons (Fsp3) is 0.0652. The molecule has 0 N–H and O–H groups in total. The molecule has 0 bridgehead atoms. The van der Waals surface area contributed by atoms with Crippen LogP contribution >= 0.6 is 11.3 Å². The third-order valence-electron chi connectivity index (χ3n) is 9.64. The summed E-state index contributed by atoms with van der Waals surface area (Å²) in [5.74, 6) is 2.44. The minimum absolute atomic E-state index is 0.328. The molecule has 9 rings (SSSR count). The summed E-state index contributed by atoms with van der Waals surface area (Å²) in [6, 6.07) is 53.6. The van der Waals surface area contributed by atoms with E-state index in [4.69, 9.17) is 15.0 Å². The molecule has 2 aromatic heterocycles. The van der Waals surface area contributed by atoms with Crippen LogP contribution in [0, 0.1) is 5.92 Å². The predicted octanol–water partition coefficient (Wildman–Crippen LogP) is 12.4. The van der Waals surface area contributed by atoms with Gasteiger partial charge in [0.2, 0.25) is 0 Å². The number of aromatic nitrogens is 3. The highest BCUT2D eigenvalue weighted by atomic mass is 32.1. The Labute approximate surface area is 296 Å². The van der Waals surface area contributed by atoms with Crippen LogP contribution in [0.4, 0.5) is 0 Å². The van der Waals surface area contributed by atoms with E-state index >= 15 is 0 Å². The first kappa shape index (κ1) is 30.1. The van der Waals surface area contributed by atoms with E-state index in [1.807, 2.05) is 6.07 Å². The number of hydrogen-bond acceptors (Lipinski definition) is 4. The molecule has 0 saturated carbocycles. The van der Waals surface area contributed by atoms with Gasteiger partial charge in [-0.3, -0.25) is 0 Å². The molecule has 0 aliphatic heterocycles. The van der Waals surface area contributed by atoms with E-state index in [9.17, 15) is 0 Å². The van der Waals surface area contributed by atoms with Crippen molar-refractivity contribution in [3.8, 4) is 45.0 Å². The molecule has 1 atom stereocenters. The number of rotatable bonds is 6. The van der Waals surface area contributed by atoms with Gasteiger partial charge in [-0.2, -0.15) is 0 Å². The van der Waals surface area contributed by atoms with E-state index in [0.717, 1.165) is 40.1 Å². The summed E-state index contributed by atoms with van der Waals surface area (Å²) >= 11 is 1.80. The molecule has 0 fully saturated rings. The maximum absolute atomic E-state index is 5.21. The summed E-state index contributed by atoms with van der Waals surface area (Å²) in [6.07, 6.45) is 5.30. The van der Waals surface area contributed by atoms with E-state index in [2.05, 4.69) is 165 Å². The Kier molecular flexibility index (Phi) is 7.72. The second kappa shape index (κ2) is 12.8. The monoisotopic (exact) mass is 659 g/mol. The SMILES string of the molecule is C[C@@H]1CC(c2nc(-c3cccc(-c4ccc(-c5ccccc5)cc4)c3)nc(-c3cccc4c3sc3ccccc34)n2)=CC=C1c1ccccc1. The van der Waals surface area contributed by atoms with Crippen molar-refractivity contribution in [3.05, 3.63) is 175 Å². The summed E-state index contributed by atoms with van der Waals surface area (Å²) in [7, 11) is 0. The van der Waals surface area contributed by atoms with E-state index in [1.165, 1.54) is 42.4 Å². The Bertz CT molecular complexity index is 2560. The molecule has 0 amide bonds. The molecule has 8 aromatic rings. The number of nitrogens with zero attached hydrogens (tertiary/aromatic N) is 3. The van der Waals surface area contributed by atoms with E-state index in [1.54, 1.807) is 11.3 Å². The predicted molar refractivity (Wildman–Crippen MR) is 211 cm³/mol. The summed E-state index contributed by atoms with van der Waals surface area (Å²) < 4.78 is 2.46. The molecule has 1 aliphatic carbocycles. The molecule has 3 nitrogen and oxygen atoms in total. The standard InChI is InChI=1S/C46H33N3S/c1-30-28-37(26-27-38(30)34-14-6-3-7-15-34)45-47-44(48-46(49-45)41-20-11-19-40-39-18-8-9-21-42(39)50-43(40)41)36-17-10-16-35(29-36)33-24-22-32(23-25-33)31-12-4-2-5-13-31/h2-27,29-30H,28H2,1H3/t30-/m1/s1. The van der Waals surface area contributed by atoms with Gasteiger partial charge in [0.15, 0.2) is 17.5 Å².